The summed E-state index contributed by atoms with van der Waals surface area (Å²) in [6, 6.07) is 13.7. The van der Waals surface area contributed by atoms with Gasteiger partial charge in [0.15, 0.2) is 9.84 Å². The number of ether oxygens (including phenoxy) is 1. The molecule has 0 saturated heterocycles. The van der Waals surface area contributed by atoms with Crippen LogP contribution in [0.5, 0.6) is 5.75 Å². The molecule has 26 heavy (non-hydrogen) atoms. The van der Waals surface area contributed by atoms with E-state index in [9.17, 15) is 8.42 Å². The van der Waals surface area contributed by atoms with Crippen molar-refractivity contribution in [2.75, 3.05) is 13.4 Å². The van der Waals surface area contributed by atoms with Crippen LogP contribution >= 0.6 is 0 Å². The van der Waals surface area contributed by atoms with Crippen LogP contribution in [0, 0.1) is 0 Å². The predicted molar refractivity (Wildman–Crippen MR) is 98.0 cm³/mol. The van der Waals surface area contributed by atoms with Crippen LogP contribution in [0.25, 0.3) is 16.9 Å². The molecule has 0 spiro atoms. The fraction of sp³-hybridized carbons (Fsp3) is 0.111. The zero-order valence-electron chi connectivity index (χ0n) is 14.2. The van der Waals surface area contributed by atoms with Gasteiger partial charge in [-0.1, -0.05) is 5.16 Å². The molecule has 3 rings (SSSR count). The molecule has 0 bridgehead atoms. The Bertz CT molecular complexity index is 1040. The zero-order chi connectivity index (χ0) is 18.7. The maximum atomic E-state index is 11.6. The minimum absolute atomic E-state index is 0.237. The average molecular weight is 371 g/mol. The minimum atomic E-state index is -3.26. The van der Waals surface area contributed by atoms with Crippen LogP contribution in [-0.4, -0.2) is 43.0 Å². The van der Waals surface area contributed by atoms with Crippen molar-refractivity contribution in [3.8, 4) is 22.7 Å². The highest BCUT2D eigenvalue weighted by atomic mass is 32.2. The molecule has 8 heteroatoms. The Labute approximate surface area is 151 Å². The normalized spacial score (nSPS) is 11.8. The molecule has 1 aromatic heterocycles. The fourth-order valence-corrected chi connectivity index (χ4v) is 3.13. The molecule has 0 saturated carbocycles. The third-order valence-electron chi connectivity index (χ3n) is 3.83. The first-order valence-electron chi connectivity index (χ1n) is 7.64. The number of oxime groups is 1. The standard InChI is InChI=1S/C18H17N3O4S/c1-25-16-7-3-13(4-8-16)18-14(11-19-22)12-21(20-18)15-5-9-17(10-6-15)26(2,23)24/h3-12,22H,1-2H3/b19-11+. The van der Waals surface area contributed by atoms with Crippen LogP contribution in [0.3, 0.4) is 0 Å². The molecule has 134 valence electrons. The maximum absolute atomic E-state index is 11.6. The highest BCUT2D eigenvalue weighted by molar-refractivity contribution is 7.90. The van der Waals surface area contributed by atoms with E-state index in [0.29, 0.717) is 16.9 Å². The Morgan fingerprint density at radius 1 is 1.12 bits per heavy atom. The Kier molecular flexibility index (Phi) is 4.77. The summed E-state index contributed by atoms with van der Waals surface area (Å²) in [6.45, 7) is 0. The molecule has 3 aromatic rings. The molecule has 0 radical (unpaired) electrons. The summed E-state index contributed by atoms with van der Waals surface area (Å²) in [5.41, 5.74) is 2.75. The summed E-state index contributed by atoms with van der Waals surface area (Å²) in [6.07, 6.45) is 4.16. The van der Waals surface area contributed by atoms with Crippen molar-refractivity contribution in [2.45, 2.75) is 4.90 Å². The molecule has 1 N–H and O–H groups in total. The van der Waals surface area contributed by atoms with Crippen LogP contribution < -0.4 is 4.74 Å². The molecule has 0 aliphatic heterocycles. The first kappa shape index (κ1) is 17.7. The molecular weight excluding hydrogens is 354 g/mol. The van der Waals surface area contributed by atoms with Gasteiger partial charge >= 0.3 is 0 Å². The smallest absolute Gasteiger partial charge is 0.175 e. The minimum Gasteiger partial charge on any atom is -0.497 e. The first-order valence-corrected chi connectivity index (χ1v) is 9.53. The van der Waals surface area contributed by atoms with Crippen LogP contribution in [0.2, 0.25) is 0 Å². The molecule has 7 nitrogen and oxygen atoms in total. The average Bonchev–Trinajstić information content (AvgIpc) is 3.05. The molecule has 0 atom stereocenters. The van der Waals surface area contributed by atoms with E-state index in [4.69, 9.17) is 9.94 Å². The second-order valence-corrected chi connectivity index (χ2v) is 7.63. The topological polar surface area (TPSA) is 93.8 Å². The quantitative estimate of drug-likeness (QED) is 0.423. The largest absolute Gasteiger partial charge is 0.497 e. The second-order valence-electron chi connectivity index (χ2n) is 5.62. The number of nitrogens with zero attached hydrogens (tertiary/aromatic N) is 3. The molecule has 0 unspecified atom stereocenters. The highest BCUT2D eigenvalue weighted by Gasteiger charge is 2.12. The van der Waals surface area contributed by atoms with E-state index < -0.39 is 9.84 Å². The Morgan fingerprint density at radius 3 is 2.31 bits per heavy atom. The summed E-state index contributed by atoms with van der Waals surface area (Å²) < 4.78 is 29.9. The van der Waals surface area contributed by atoms with Crippen molar-refractivity contribution in [1.29, 1.82) is 0 Å². The van der Waals surface area contributed by atoms with Gasteiger partial charge in [-0.2, -0.15) is 5.10 Å². The van der Waals surface area contributed by atoms with E-state index in [1.807, 2.05) is 24.3 Å². The number of aromatic nitrogens is 2. The van der Waals surface area contributed by atoms with Gasteiger partial charge in [-0.3, -0.25) is 0 Å². The van der Waals surface area contributed by atoms with Gasteiger partial charge in [0.25, 0.3) is 0 Å². The lowest BCUT2D eigenvalue weighted by Gasteiger charge is -2.03. The van der Waals surface area contributed by atoms with Crippen LogP contribution in [0.1, 0.15) is 5.56 Å². The number of hydrogen-bond acceptors (Lipinski definition) is 6. The summed E-state index contributed by atoms with van der Waals surface area (Å²) in [5, 5.41) is 16.6. The molecule has 0 fully saturated rings. The Morgan fingerprint density at radius 2 is 1.77 bits per heavy atom. The number of benzene rings is 2. The monoisotopic (exact) mass is 371 g/mol. The number of hydrogen-bond donors (Lipinski definition) is 1. The lowest BCUT2D eigenvalue weighted by Crippen LogP contribution is -1.99. The molecule has 0 aliphatic rings. The van der Waals surface area contributed by atoms with E-state index in [-0.39, 0.29) is 4.90 Å². The van der Waals surface area contributed by atoms with E-state index >= 15 is 0 Å². The molecule has 0 amide bonds. The number of sulfone groups is 1. The van der Waals surface area contributed by atoms with Gasteiger partial charge < -0.3 is 9.94 Å². The van der Waals surface area contributed by atoms with Crippen molar-refractivity contribution >= 4 is 16.1 Å². The zero-order valence-corrected chi connectivity index (χ0v) is 15.0. The molecule has 0 aliphatic carbocycles. The van der Waals surface area contributed by atoms with Gasteiger partial charge in [0.05, 0.1) is 23.9 Å². The van der Waals surface area contributed by atoms with Gasteiger partial charge in [-0.15, -0.1) is 0 Å². The van der Waals surface area contributed by atoms with Crippen molar-refractivity contribution in [2.24, 2.45) is 5.16 Å². The van der Waals surface area contributed by atoms with Crippen LogP contribution in [0.15, 0.2) is 64.8 Å². The fourth-order valence-electron chi connectivity index (χ4n) is 2.50. The van der Waals surface area contributed by atoms with E-state index in [2.05, 4.69) is 10.3 Å². The van der Waals surface area contributed by atoms with E-state index in [1.54, 1.807) is 30.1 Å². The molecule has 1 heterocycles. The van der Waals surface area contributed by atoms with Crippen LogP contribution in [-0.2, 0) is 9.84 Å². The highest BCUT2D eigenvalue weighted by Crippen LogP contribution is 2.25. The third-order valence-corrected chi connectivity index (χ3v) is 4.96. The summed E-state index contributed by atoms with van der Waals surface area (Å²) >= 11 is 0. The summed E-state index contributed by atoms with van der Waals surface area (Å²) in [4.78, 5) is 0.237. The van der Waals surface area contributed by atoms with Gasteiger partial charge in [0.2, 0.25) is 0 Å². The van der Waals surface area contributed by atoms with Gasteiger partial charge in [-0.05, 0) is 48.5 Å². The lowest BCUT2D eigenvalue weighted by molar-refractivity contribution is 0.322. The molecule has 2 aromatic carbocycles. The first-order chi connectivity index (χ1) is 12.4. The van der Waals surface area contributed by atoms with E-state index in [1.165, 1.54) is 18.3 Å². The van der Waals surface area contributed by atoms with Gasteiger partial charge in [0, 0.05) is 23.6 Å². The van der Waals surface area contributed by atoms with Crippen molar-refractivity contribution in [3.05, 3.63) is 60.3 Å². The van der Waals surface area contributed by atoms with Crippen molar-refractivity contribution in [1.82, 2.24) is 9.78 Å². The van der Waals surface area contributed by atoms with Crippen LogP contribution in [0.4, 0.5) is 0 Å². The van der Waals surface area contributed by atoms with Crippen molar-refractivity contribution in [3.63, 3.8) is 0 Å². The van der Waals surface area contributed by atoms with E-state index in [0.717, 1.165) is 17.6 Å². The maximum Gasteiger partial charge on any atom is 0.175 e. The number of methoxy groups -OCH3 is 1. The summed E-state index contributed by atoms with van der Waals surface area (Å²) in [5.74, 6) is 0.724. The molecular formula is C18H17N3O4S. The Hall–Kier alpha value is -3.13. The lowest BCUT2D eigenvalue weighted by atomic mass is 10.1. The second kappa shape index (κ2) is 7.01. The van der Waals surface area contributed by atoms with Gasteiger partial charge in [-0.25, -0.2) is 13.1 Å². The van der Waals surface area contributed by atoms with Gasteiger partial charge in [0.1, 0.15) is 11.4 Å². The predicted octanol–water partition coefficient (Wildman–Crippen LogP) is 2.76. The Balaban J connectivity index is 2.04. The summed E-state index contributed by atoms with van der Waals surface area (Å²) in [7, 11) is -1.67. The third kappa shape index (κ3) is 3.60. The van der Waals surface area contributed by atoms with Crippen molar-refractivity contribution < 1.29 is 18.4 Å². The SMILES string of the molecule is COc1ccc(-c2nn(-c3ccc(S(C)(=O)=O)cc3)cc2/C=N/O)cc1. The number of rotatable bonds is 5.